The Bertz CT molecular complexity index is 1390. The molecule has 0 radical (unpaired) electrons. The summed E-state index contributed by atoms with van der Waals surface area (Å²) in [6.07, 6.45) is 1.11. The first kappa shape index (κ1) is 30.7. The number of nitrogens with one attached hydrogen (secondary N) is 1. The van der Waals surface area contributed by atoms with Gasteiger partial charge in [-0.25, -0.2) is 8.42 Å². The van der Waals surface area contributed by atoms with Crippen LogP contribution in [-0.2, 0) is 26.2 Å². The van der Waals surface area contributed by atoms with E-state index >= 15 is 0 Å². The van der Waals surface area contributed by atoms with Crippen LogP contribution in [0, 0.1) is 6.92 Å². The number of methoxy groups -OCH3 is 1. The molecule has 0 aliphatic rings. The smallest absolute Gasteiger partial charge is 0.264 e. The molecule has 3 aromatic rings. The molecule has 3 aromatic carbocycles. The van der Waals surface area contributed by atoms with E-state index in [2.05, 4.69) is 5.32 Å². The minimum absolute atomic E-state index is 0.0532. The van der Waals surface area contributed by atoms with Gasteiger partial charge < -0.3 is 15.0 Å². The topological polar surface area (TPSA) is 96.0 Å². The number of rotatable bonds is 13. The molecule has 0 aliphatic heterocycles. The average Bonchev–Trinajstić information content (AvgIpc) is 2.96. The van der Waals surface area contributed by atoms with Crippen molar-refractivity contribution < 1.29 is 22.7 Å². The van der Waals surface area contributed by atoms with Crippen LogP contribution in [0.25, 0.3) is 0 Å². The van der Waals surface area contributed by atoms with Gasteiger partial charge in [0.2, 0.25) is 11.8 Å². The molecule has 9 heteroatoms. The molecule has 0 heterocycles. The quantitative estimate of drug-likeness (QED) is 0.317. The summed E-state index contributed by atoms with van der Waals surface area (Å²) in [5.41, 5.74) is 2.15. The number of aryl methyl sites for hydroxylation is 1. The largest absolute Gasteiger partial charge is 0.497 e. The van der Waals surface area contributed by atoms with Gasteiger partial charge in [0.05, 0.1) is 17.7 Å². The Balaban J connectivity index is 2.07. The Kier molecular flexibility index (Phi) is 10.7. The summed E-state index contributed by atoms with van der Waals surface area (Å²) in [6.45, 7) is 7.35. The molecule has 1 N–H and O–H groups in total. The first-order valence-corrected chi connectivity index (χ1v) is 14.9. The Morgan fingerprint density at radius 2 is 1.62 bits per heavy atom. The van der Waals surface area contributed by atoms with Crippen molar-refractivity contribution in [3.8, 4) is 5.75 Å². The Hall–Kier alpha value is -3.85. The fourth-order valence-electron chi connectivity index (χ4n) is 4.38. The van der Waals surface area contributed by atoms with Crippen LogP contribution in [0.2, 0.25) is 0 Å². The molecule has 8 nitrogen and oxygen atoms in total. The van der Waals surface area contributed by atoms with Gasteiger partial charge in [0.15, 0.2) is 0 Å². The second kappa shape index (κ2) is 14.0. The molecule has 0 unspecified atom stereocenters. The number of hydrogen-bond acceptors (Lipinski definition) is 5. The first-order valence-electron chi connectivity index (χ1n) is 13.5. The summed E-state index contributed by atoms with van der Waals surface area (Å²) < 4.78 is 34.2. The lowest BCUT2D eigenvalue weighted by Gasteiger charge is -2.33. The van der Waals surface area contributed by atoms with Gasteiger partial charge in [-0.05, 0) is 56.5 Å². The Morgan fingerprint density at radius 3 is 2.25 bits per heavy atom. The predicted molar refractivity (Wildman–Crippen MR) is 158 cm³/mol. The zero-order valence-corrected chi connectivity index (χ0v) is 24.6. The summed E-state index contributed by atoms with van der Waals surface area (Å²) in [7, 11) is -2.64. The van der Waals surface area contributed by atoms with E-state index in [9.17, 15) is 18.0 Å². The number of nitrogens with zero attached hydrogens (tertiary/aromatic N) is 2. The molecule has 2 amide bonds. The van der Waals surface area contributed by atoms with Crippen LogP contribution in [0.5, 0.6) is 5.75 Å². The van der Waals surface area contributed by atoms with Gasteiger partial charge in [0.25, 0.3) is 10.0 Å². The van der Waals surface area contributed by atoms with Crippen molar-refractivity contribution in [3.63, 3.8) is 0 Å². The van der Waals surface area contributed by atoms with E-state index in [0.717, 1.165) is 21.9 Å². The van der Waals surface area contributed by atoms with Crippen LogP contribution in [-0.4, -0.2) is 50.9 Å². The number of ether oxygens (including phenoxy) is 1. The van der Waals surface area contributed by atoms with Crippen molar-refractivity contribution >= 4 is 27.5 Å². The third-order valence-electron chi connectivity index (χ3n) is 6.77. The van der Waals surface area contributed by atoms with Crippen LogP contribution in [0.1, 0.15) is 44.7 Å². The second-order valence-corrected chi connectivity index (χ2v) is 11.6. The Morgan fingerprint density at radius 1 is 0.925 bits per heavy atom. The van der Waals surface area contributed by atoms with Crippen LogP contribution >= 0.6 is 0 Å². The normalized spacial score (nSPS) is 12.7. The highest BCUT2D eigenvalue weighted by Crippen LogP contribution is 2.27. The molecule has 0 aromatic heterocycles. The SMILES string of the molecule is CC[C@H](C(=O)N[C@@H](C)CC)N(Cc1cccc(C)c1)C(=O)CN(c1cccc(OC)c1)S(=O)(=O)c1ccccc1. The molecule has 214 valence electrons. The summed E-state index contributed by atoms with van der Waals surface area (Å²) >= 11 is 0. The van der Waals surface area contributed by atoms with Crippen LogP contribution < -0.4 is 14.4 Å². The van der Waals surface area contributed by atoms with Crippen LogP contribution in [0.15, 0.2) is 83.8 Å². The van der Waals surface area contributed by atoms with E-state index in [-0.39, 0.29) is 29.1 Å². The van der Waals surface area contributed by atoms with E-state index in [1.807, 2.05) is 52.0 Å². The lowest BCUT2D eigenvalue weighted by atomic mass is 10.1. The molecule has 0 spiro atoms. The molecule has 0 aliphatic carbocycles. The maximum Gasteiger partial charge on any atom is 0.264 e. The van der Waals surface area contributed by atoms with Crippen molar-refractivity contribution in [2.75, 3.05) is 18.0 Å². The lowest BCUT2D eigenvalue weighted by Crippen LogP contribution is -2.53. The average molecular weight is 566 g/mol. The fraction of sp³-hybridized carbons (Fsp3) is 0.355. The number of hydrogen-bond donors (Lipinski definition) is 1. The number of amides is 2. The van der Waals surface area contributed by atoms with Gasteiger partial charge in [0, 0.05) is 18.7 Å². The molecule has 3 rings (SSSR count). The third-order valence-corrected chi connectivity index (χ3v) is 8.56. The highest BCUT2D eigenvalue weighted by Gasteiger charge is 2.34. The number of carbonyl (C=O) groups excluding carboxylic acids is 2. The first-order chi connectivity index (χ1) is 19.1. The summed E-state index contributed by atoms with van der Waals surface area (Å²) in [6, 6.07) is 21.4. The van der Waals surface area contributed by atoms with Gasteiger partial charge >= 0.3 is 0 Å². The molecule has 0 saturated carbocycles. The monoisotopic (exact) mass is 565 g/mol. The van der Waals surface area contributed by atoms with Crippen molar-refractivity contribution in [1.82, 2.24) is 10.2 Å². The molecule has 0 bridgehead atoms. The van der Waals surface area contributed by atoms with Crippen LogP contribution in [0.3, 0.4) is 0 Å². The van der Waals surface area contributed by atoms with E-state index in [1.54, 1.807) is 42.5 Å². The zero-order valence-electron chi connectivity index (χ0n) is 23.8. The van der Waals surface area contributed by atoms with Gasteiger partial charge in [-0.15, -0.1) is 0 Å². The minimum atomic E-state index is -4.13. The van der Waals surface area contributed by atoms with Crippen molar-refractivity contribution in [3.05, 3.63) is 90.0 Å². The van der Waals surface area contributed by atoms with E-state index < -0.39 is 28.5 Å². The second-order valence-electron chi connectivity index (χ2n) is 9.78. The third kappa shape index (κ3) is 7.63. The van der Waals surface area contributed by atoms with E-state index in [0.29, 0.717) is 12.2 Å². The van der Waals surface area contributed by atoms with Crippen LogP contribution in [0.4, 0.5) is 5.69 Å². The van der Waals surface area contributed by atoms with Crippen molar-refractivity contribution in [2.24, 2.45) is 0 Å². The molecule has 0 fully saturated rings. The van der Waals surface area contributed by atoms with E-state index in [4.69, 9.17) is 4.74 Å². The van der Waals surface area contributed by atoms with Gasteiger partial charge in [0.1, 0.15) is 18.3 Å². The van der Waals surface area contributed by atoms with Gasteiger partial charge in [-0.3, -0.25) is 13.9 Å². The Labute approximate surface area is 238 Å². The van der Waals surface area contributed by atoms with E-state index in [1.165, 1.54) is 24.1 Å². The number of carbonyl (C=O) groups is 2. The molecule has 2 atom stereocenters. The van der Waals surface area contributed by atoms with Crippen molar-refractivity contribution in [1.29, 1.82) is 0 Å². The summed E-state index contributed by atoms with van der Waals surface area (Å²) in [5, 5.41) is 2.99. The van der Waals surface area contributed by atoms with Gasteiger partial charge in [-0.2, -0.15) is 0 Å². The number of benzene rings is 3. The fourth-order valence-corrected chi connectivity index (χ4v) is 5.81. The van der Waals surface area contributed by atoms with Crippen molar-refractivity contribution in [2.45, 2.75) is 64.1 Å². The lowest BCUT2D eigenvalue weighted by molar-refractivity contribution is -0.140. The minimum Gasteiger partial charge on any atom is -0.497 e. The predicted octanol–water partition coefficient (Wildman–Crippen LogP) is 4.92. The standard InChI is InChI=1S/C31H39N3O5S/c1-6-24(4)32-31(36)29(7-2)33(21-25-14-11-13-23(3)19-25)30(35)22-34(26-15-12-16-27(20-26)39-5)40(37,38)28-17-9-8-10-18-28/h8-20,24,29H,6-7,21-22H2,1-5H3,(H,32,36)/t24-,29+/m0/s1. The summed E-state index contributed by atoms with van der Waals surface area (Å²) in [4.78, 5) is 29.0. The highest BCUT2D eigenvalue weighted by atomic mass is 32.2. The molecular weight excluding hydrogens is 526 g/mol. The zero-order chi connectivity index (χ0) is 29.3. The van der Waals surface area contributed by atoms with Gasteiger partial charge in [-0.1, -0.05) is 67.9 Å². The number of sulfonamides is 1. The summed E-state index contributed by atoms with van der Waals surface area (Å²) in [5.74, 6) is -0.305. The number of anilines is 1. The molecule has 40 heavy (non-hydrogen) atoms. The molecular formula is C31H39N3O5S. The highest BCUT2D eigenvalue weighted by molar-refractivity contribution is 7.92. The maximum absolute atomic E-state index is 14.1. The maximum atomic E-state index is 14.1. The molecule has 0 saturated heterocycles.